The van der Waals surface area contributed by atoms with Crippen LogP contribution in [-0.2, 0) is 14.3 Å². The average Bonchev–Trinajstić information content (AvgIpc) is 2.44. The number of hydrogen-bond acceptors (Lipinski definition) is 3. The van der Waals surface area contributed by atoms with Crippen molar-refractivity contribution in [2.75, 3.05) is 6.61 Å². The smallest absolute Gasteiger partial charge is 0.359 e. The second-order valence-electron chi connectivity index (χ2n) is 2.26. The van der Waals surface area contributed by atoms with E-state index in [-0.39, 0.29) is 12.1 Å². The molecule has 3 nitrogen and oxygen atoms in total. The van der Waals surface area contributed by atoms with Gasteiger partial charge < -0.3 is 9.47 Å². The van der Waals surface area contributed by atoms with Crippen molar-refractivity contribution in [3.05, 3.63) is 6.10 Å². The van der Waals surface area contributed by atoms with Gasteiger partial charge in [-0.3, -0.25) is 0 Å². The van der Waals surface area contributed by atoms with Crippen molar-refractivity contribution >= 4 is 5.97 Å². The second-order valence-corrected chi connectivity index (χ2v) is 2.26. The van der Waals surface area contributed by atoms with Crippen molar-refractivity contribution in [1.29, 1.82) is 0 Å². The molecule has 0 spiro atoms. The van der Waals surface area contributed by atoms with Crippen LogP contribution in [-0.4, -0.2) is 18.7 Å². The molecule has 2 aliphatic heterocycles. The van der Waals surface area contributed by atoms with Gasteiger partial charge in [-0.1, -0.05) is 0 Å². The van der Waals surface area contributed by atoms with Crippen molar-refractivity contribution in [1.82, 2.24) is 0 Å². The van der Waals surface area contributed by atoms with Gasteiger partial charge in [-0.2, -0.15) is 0 Å². The van der Waals surface area contributed by atoms with E-state index in [1.807, 2.05) is 0 Å². The van der Waals surface area contributed by atoms with Gasteiger partial charge in [0.25, 0.3) is 6.10 Å². The van der Waals surface area contributed by atoms with Crippen LogP contribution in [0.15, 0.2) is 0 Å². The van der Waals surface area contributed by atoms with Crippen LogP contribution in [0.1, 0.15) is 12.8 Å². The molecule has 0 aliphatic carbocycles. The van der Waals surface area contributed by atoms with Crippen LogP contribution in [0.5, 0.6) is 0 Å². The van der Waals surface area contributed by atoms with Gasteiger partial charge in [0.1, 0.15) is 6.10 Å². The Balaban J connectivity index is 1.91. The third-order valence-electron chi connectivity index (χ3n) is 1.58. The lowest BCUT2D eigenvalue weighted by Gasteiger charge is -1.97. The lowest BCUT2D eigenvalue weighted by molar-refractivity contribution is -0.117. The van der Waals surface area contributed by atoms with E-state index in [0.717, 1.165) is 19.4 Å². The number of carbonyl (C=O) groups excluding carboxylic acids is 1. The standard InChI is InChI=1S/C6H7O3/c7-6-5(9-6)4-2-1-3-8-4/h4H,1-3H2. The molecule has 0 bridgehead atoms. The highest BCUT2D eigenvalue weighted by atomic mass is 16.7. The van der Waals surface area contributed by atoms with Crippen LogP contribution in [0.2, 0.25) is 0 Å². The van der Waals surface area contributed by atoms with E-state index in [9.17, 15) is 4.79 Å². The third-order valence-corrected chi connectivity index (χ3v) is 1.58. The van der Waals surface area contributed by atoms with Gasteiger partial charge in [0.15, 0.2) is 0 Å². The Morgan fingerprint density at radius 1 is 1.56 bits per heavy atom. The van der Waals surface area contributed by atoms with Gasteiger partial charge >= 0.3 is 5.97 Å². The number of cyclic esters (lactones) is 1. The SMILES string of the molecule is O=C1O[C]1C1CCCO1. The molecule has 1 atom stereocenters. The van der Waals surface area contributed by atoms with E-state index >= 15 is 0 Å². The van der Waals surface area contributed by atoms with Gasteiger partial charge in [-0.25, -0.2) is 4.79 Å². The summed E-state index contributed by atoms with van der Waals surface area (Å²) < 4.78 is 9.72. The molecule has 0 saturated carbocycles. The topological polar surface area (TPSA) is 38.8 Å². The maximum absolute atomic E-state index is 10.3. The van der Waals surface area contributed by atoms with Gasteiger partial charge in [0.05, 0.1) is 0 Å². The van der Waals surface area contributed by atoms with Gasteiger partial charge in [-0.15, -0.1) is 0 Å². The first-order chi connectivity index (χ1) is 4.38. The number of epoxide rings is 1. The molecular weight excluding hydrogens is 120 g/mol. The Morgan fingerprint density at radius 2 is 2.33 bits per heavy atom. The molecule has 2 heterocycles. The number of ether oxygens (including phenoxy) is 2. The van der Waals surface area contributed by atoms with E-state index in [2.05, 4.69) is 4.74 Å². The van der Waals surface area contributed by atoms with E-state index in [4.69, 9.17) is 4.74 Å². The second kappa shape index (κ2) is 1.70. The number of rotatable bonds is 1. The predicted molar refractivity (Wildman–Crippen MR) is 28.3 cm³/mol. The highest BCUT2D eigenvalue weighted by Crippen LogP contribution is 2.33. The van der Waals surface area contributed by atoms with Crippen LogP contribution in [0.25, 0.3) is 0 Å². The number of carbonyl (C=O) groups is 1. The molecule has 0 N–H and O–H groups in total. The average molecular weight is 127 g/mol. The zero-order valence-corrected chi connectivity index (χ0v) is 4.92. The normalized spacial score (nSPS) is 34.7. The molecule has 1 unspecified atom stereocenters. The van der Waals surface area contributed by atoms with Crippen molar-refractivity contribution in [2.24, 2.45) is 0 Å². The Kier molecular flexibility index (Phi) is 0.990. The molecule has 1 radical (unpaired) electrons. The van der Waals surface area contributed by atoms with E-state index in [1.54, 1.807) is 0 Å². The molecule has 2 saturated heterocycles. The Morgan fingerprint density at radius 3 is 2.78 bits per heavy atom. The first-order valence-corrected chi connectivity index (χ1v) is 3.08. The van der Waals surface area contributed by atoms with Crippen LogP contribution in [0, 0.1) is 6.10 Å². The Bertz CT molecular complexity index is 137. The molecule has 2 aliphatic rings. The molecule has 0 amide bonds. The summed E-state index contributed by atoms with van der Waals surface area (Å²) in [6.45, 7) is 0.769. The Labute approximate surface area is 52.9 Å². The molecule has 0 aromatic rings. The predicted octanol–water partition coefficient (Wildman–Crippen LogP) is 0.254. The zero-order chi connectivity index (χ0) is 6.27. The summed E-state index contributed by atoms with van der Waals surface area (Å²) in [7, 11) is 0. The summed E-state index contributed by atoms with van der Waals surface area (Å²) in [6.07, 6.45) is 2.52. The monoisotopic (exact) mass is 127 g/mol. The number of hydrogen-bond donors (Lipinski definition) is 0. The lowest BCUT2D eigenvalue weighted by atomic mass is 10.2. The first kappa shape index (κ1) is 5.23. The van der Waals surface area contributed by atoms with E-state index in [1.165, 1.54) is 0 Å². The lowest BCUT2D eigenvalue weighted by Crippen LogP contribution is -2.06. The maximum Gasteiger partial charge on any atom is 0.359 e. The highest BCUT2D eigenvalue weighted by molar-refractivity contribution is 5.97. The molecular formula is C6H7O3. The molecule has 0 aromatic carbocycles. The van der Waals surface area contributed by atoms with Crippen LogP contribution in [0.4, 0.5) is 0 Å². The van der Waals surface area contributed by atoms with E-state index < -0.39 is 0 Å². The molecule has 2 rings (SSSR count). The fourth-order valence-electron chi connectivity index (χ4n) is 1.06. The molecule has 49 valence electrons. The Hall–Kier alpha value is -0.570. The first-order valence-electron chi connectivity index (χ1n) is 3.08. The third kappa shape index (κ3) is 0.812. The molecule has 0 aromatic heterocycles. The zero-order valence-electron chi connectivity index (χ0n) is 4.92. The fourth-order valence-corrected chi connectivity index (χ4v) is 1.06. The minimum absolute atomic E-state index is 0.00231. The molecule has 2 fully saturated rings. The largest absolute Gasteiger partial charge is 0.436 e. The van der Waals surface area contributed by atoms with Gasteiger partial charge in [-0.05, 0) is 12.8 Å². The van der Waals surface area contributed by atoms with Crippen molar-refractivity contribution in [2.45, 2.75) is 18.9 Å². The van der Waals surface area contributed by atoms with Crippen molar-refractivity contribution in [3.8, 4) is 0 Å². The summed E-state index contributed by atoms with van der Waals surface area (Å²) in [5.41, 5.74) is 0. The summed E-state index contributed by atoms with van der Waals surface area (Å²) in [5.74, 6) is -0.179. The maximum atomic E-state index is 10.3. The van der Waals surface area contributed by atoms with Crippen LogP contribution < -0.4 is 0 Å². The van der Waals surface area contributed by atoms with Crippen LogP contribution in [0.3, 0.4) is 0 Å². The highest BCUT2D eigenvalue weighted by Gasteiger charge is 2.49. The summed E-state index contributed by atoms with van der Waals surface area (Å²) in [5, 5.41) is 0. The molecule has 3 heteroatoms. The minimum atomic E-state index is -0.179. The fraction of sp³-hybridized carbons (Fsp3) is 0.667. The summed E-state index contributed by atoms with van der Waals surface area (Å²) in [6, 6.07) is 0. The quantitative estimate of drug-likeness (QED) is 0.474. The van der Waals surface area contributed by atoms with Crippen LogP contribution >= 0.6 is 0 Å². The van der Waals surface area contributed by atoms with Gasteiger partial charge in [0, 0.05) is 6.61 Å². The van der Waals surface area contributed by atoms with E-state index in [0.29, 0.717) is 6.10 Å². The van der Waals surface area contributed by atoms with Crippen molar-refractivity contribution in [3.63, 3.8) is 0 Å². The summed E-state index contributed by atoms with van der Waals surface area (Å²) >= 11 is 0. The van der Waals surface area contributed by atoms with Gasteiger partial charge in [0.2, 0.25) is 0 Å². The summed E-state index contributed by atoms with van der Waals surface area (Å²) in [4.78, 5) is 10.3. The molecule has 9 heavy (non-hydrogen) atoms. The van der Waals surface area contributed by atoms with Crippen molar-refractivity contribution < 1.29 is 14.3 Å². The minimum Gasteiger partial charge on any atom is -0.436 e.